The van der Waals surface area contributed by atoms with Gasteiger partial charge in [0.15, 0.2) is 0 Å². The normalized spacial score (nSPS) is 25.8. The lowest BCUT2D eigenvalue weighted by molar-refractivity contribution is 0.0891. The van der Waals surface area contributed by atoms with Crippen LogP contribution in [0.4, 0.5) is 0 Å². The first-order valence-electron chi connectivity index (χ1n) is 7.39. The summed E-state index contributed by atoms with van der Waals surface area (Å²) in [4.78, 5) is 12.3. The van der Waals surface area contributed by atoms with E-state index in [1.165, 1.54) is 0 Å². The lowest BCUT2D eigenvalue weighted by atomic mass is 9.76. The molecular formula is C17H22N2O. The number of benzene rings is 1. The molecule has 3 nitrogen and oxygen atoms in total. The fraction of sp³-hybridized carbons (Fsp3) is 0.529. The van der Waals surface area contributed by atoms with E-state index in [0.29, 0.717) is 11.5 Å². The number of carbonyl (C=O) groups excluding carboxylic acids is 1. The number of rotatable bonds is 3. The van der Waals surface area contributed by atoms with Gasteiger partial charge in [-0.3, -0.25) is 4.79 Å². The lowest BCUT2D eigenvalue weighted by Gasteiger charge is -2.35. The van der Waals surface area contributed by atoms with E-state index in [1.807, 2.05) is 25.1 Å². The van der Waals surface area contributed by atoms with E-state index in [1.54, 1.807) is 6.07 Å². The van der Waals surface area contributed by atoms with Gasteiger partial charge < -0.3 is 5.32 Å². The quantitative estimate of drug-likeness (QED) is 0.912. The van der Waals surface area contributed by atoms with Crippen molar-refractivity contribution in [2.75, 3.05) is 0 Å². The molecule has 1 aromatic carbocycles. The van der Waals surface area contributed by atoms with Crippen molar-refractivity contribution < 1.29 is 4.79 Å². The van der Waals surface area contributed by atoms with Crippen LogP contribution in [-0.2, 0) is 0 Å². The SMILES string of the molecule is CCC1CCC(C#N)(NC(=O)c2cccc(C)c2)CC1. The topological polar surface area (TPSA) is 52.9 Å². The van der Waals surface area contributed by atoms with Crippen LogP contribution in [0.15, 0.2) is 24.3 Å². The Morgan fingerprint density at radius 1 is 1.45 bits per heavy atom. The van der Waals surface area contributed by atoms with Gasteiger partial charge in [-0.1, -0.05) is 31.0 Å². The van der Waals surface area contributed by atoms with E-state index in [4.69, 9.17) is 0 Å². The zero-order valence-corrected chi connectivity index (χ0v) is 12.3. The van der Waals surface area contributed by atoms with Crippen molar-refractivity contribution in [3.8, 4) is 6.07 Å². The monoisotopic (exact) mass is 270 g/mol. The van der Waals surface area contributed by atoms with Crippen LogP contribution >= 0.6 is 0 Å². The van der Waals surface area contributed by atoms with Gasteiger partial charge in [0.1, 0.15) is 5.54 Å². The molecule has 0 radical (unpaired) electrons. The van der Waals surface area contributed by atoms with Crippen molar-refractivity contribution in [3.63, 3.8) is 0 Å². The maximum Gasteiger partial charge on any atom is 0.252 e. The van der Waals surface area contributed by atoms with Gasteiger partial charge in [-0.15, -0.1) is 0 Å². The highest BCUT2D eigenvalue weighted by Gasteiger charge is 2.36. The molecule has 0 spiro atoms. The molecule has 0 aliphatic heterocycles. The smallest absolute Gasteiger partial charge is 0.252 e. The van der Waals surface area contributed by atoms with E-state index in [9.17, 15) is 10.1 Å². The molecule has 0 atom stereocenters. The molecule has 106 valence electrons. The third-order valence-electron chi connectivity index (χ3n) is 4.38. The summed E-state index contributed by atoms with van der Waals surface area (Å²) < 4.78 is 0. The van der Waals surface area contributed by atoms with Gasteiger partial charge in [0, 0.05) is 5.56 Å². The third kappa shape index (κ3) is 3.19. The van der Waals surface area contributed by atoms with Crippen LogP contribution in [0.25, 0.3) is 0 Å². The minimum Gasteiger partial charge on any atom is -0.334 e. The molecule has 0 unspecified atom stereocenters. The second-order valence-corrected chi connectivity index (χ2v) is 5.87. The second-order valence-electron chi connectivity index (χ2n) is 5.87. The van der Waals surface area contributed by atoms with E-state index in [0.717, 1.165) is 37.7 Å². The number of hydrogen-bond acceptors (Lipinski definition) is 2. The highest BCUT2D eigenvalue weighted by molar-refractivity contribution is 5.95. The first-order valence-corrected chi connectivity index (χ1v) is 7.39. The van der Waals surface area contributed by atoms with Crippen molar-refractivity contribution >= 4 is 5.91 Å². The maximum absolute atomic E-state index is 12.3. The average Bonchev–Trinajstić information content (AvgIpc) is 2.48. The number of nitriles is 1. The summed E-state index contributed by atoms with van der Waals surface area (Å²) in [6, 6.07) is 9.84. The zero-order chi connectivity index (χ0) is 14.6. The predicted octanol–water partition coefficient (Wildman–Crippen LogP) is 3.59. The minimum atomic E-state index is -0.674. The van der Waals surface area contributed by atoms with Crippen molar-refractivity contribution in [2.45, 2.75) is 51.5 Å². The Kier molecular flexibility index (Phi) is 4.44. The first kappa shape index (κ1) is 14.6. The molecule has 1 aromatic rings. The molecule has 0 saturated heterocycles. The number of amides is 1. The summed E-state index contributed by atoms with van der Waals surface area (Å²) in [6.07, 6.45) is 4.74. The molecule has 0 heterocycles. The van der Waals surface area contributed by atoms with Crippen LogP contribution in [0.5, 0.6) is 0 Å². The Labute approximate surface area is 121 Å². The molecule has 1 aliphatic rings. The van der Waals surface area contributed by atoms with Gasteiger partial charge in [0.25, 0.3) is 5.91 Å². The summed E-state index contributed by atoms with van der Waals surface area (Å²) in [5.41, 5.74) is 1.02. The maximum atomic E-state index is 12.3. The molecule has 3 heteroatoms. The first-order chi connectivity index (χ1) is 9.58. The molecule has 1 N–H and O–H groups in total. The largest absolute Gasteiger partial charge is 0.334 e. The molecular weight excluding hydrogens is 248 g/mol. The standard InChI is InChI=1S/C17H22N2O/c1-3-14-7-9-17(12-18,10-8-14)19-16(20)15-6-4-5-13(2)11-15/h4-6,11,14H,3,7-10H2,1-2H3,(H,19,20). The molecule has 1 fully saturated rings. The van der Waals surface area contributed by atoms with Crippen LogP contribution in [0.1, 0.15) is 54.9 Å². The van der Waals surface area contributed by atoms with Crippen molar-refractivity contribution in [3.05, 3.63) is 35.4 Å². The van der Waals surface area contributed by atoms with E-state index in [-0.39, 0.29) is 5.91 Å². The average molecular weight is 270 g/mol. The van der Waals surface area contributed by atoms with Crippen LogP contribution < -0.4 is 5.32 Å². The number of aryl methyl sites for hydroxylation is 1. The van der Waals surface area contributed by atoms with E-state index in [2.05, 4.69) is 18.3 Å². The number of carbonyl (C=O) groups is 1. The second kappa shape index (κ2) is 6.09. The fourth-order valence-corrected chi connectivity index (χ4v) is 2.92. The van der Waals surface area contributed by atoms with Gasteiger partial charge in [-0.25, -0.2) is 0 Å². The van der Waals surface area contributed by atoms with Crippen molar-refractivity contribution in [2.24, 2.45) is 5.92 Å². The Bertz CT molecular complexity index is 522. The Balaban J connectivity index is 2.07. The van der Waals surface area contributed by atoms with E-state index < -0.39 is 5.54 Å². The van der Waals surface area contributed by atoms with Gasteiger partial charge in [0.05, 0.1) is 6.07 Å². The molecule has 2 rings (SSSR count). The van der Waals surface area contributed by atoms with Gasteiger partial charge in [0.2, 0.25) is 0 Å². The zero-order valence-electron chi connectivity index (χ0n) is 12.3. The number of nitrogens with one attached hydrogen (secondary N) is 1. The van der Waals surface area contributed by atoms with E-state index >= 15 is 0 Å². The summed E-state index contributed by atoms with van der Waals surface area (Å²) in [5, 5.41) is 12.5. The van der Waals surface area contributed by atoms with Crippen LogP contribution in [0, 0.1) is 24.2 Å². The molecule has 0 bridgehead atoms. The highest BCUT2D eigenvalue weighted by Crippen LogP contribution is 2.33. The molecule has 1 aliphatic carbocycles. The van der Waals surface area contributed by atoms with Crippen LogP contribution in [0.2, 0.25) is 0 Å². The minimum absolute atomic E-state index is 0.134. The highest BCUT2D eigenvalue weighted by atomic mass is 16.1. The predicted molar refractivity (Wildman–Crippen MR) is 79.2 cm³/mol. The summed E-state index contributed by atoms with van der Waals surface area (Å²) in [6.45, 7) is 4.15. The molecule has 0 aromatic heterocycles. The summed E-state index contributed by atoms with van der Waals surface area (Å²) >= 11 is 0. The van der Waals surface area contributed by atoms with Gasteiger partial charge in [-0.2, -0.15) is 5.26 Å². The Hall–Kier alpha value is -1.82. The summed E-state index contributed by atoms with van der Waals surface area (Å²) in [5.74, 6) is 0.567. The van der Waals surface area contributed by atoms with Gasteiger partial charge in [-0.05, 0) is 50.7 Å². The van der Waals surface area contributed by atoms with Crippen LogP contribution in [0.3, 0.4) is 0 Å². The number of hydrogen-bond donors (Lipinski definition) is 1. The Morgan fingerprint density at radius 3 is 2.70 bits per heavy atom. The van der Waals surface area contributed by atoms with Crippen molar-refractivity contribution in [1.82, 2.24) is 5.32 Å². The van der Waals surface area contributed by atoms with Gasteiger partial charge >= 0.3 is 0 Å². The lowest BCUT2D eigenvalue weighted by Crippen LogP contribution is -2.49. The molecule has 20 heavy (non-hydrogen) atoms. The van der Waals surface area contributed by atoms with Crippen molar-refractivity contribution in [1.29, 1.82) is 5.26 Å². The third-order valence-corrected chi connectivity index (χ3v) is 4.38. The van der Waals surface area contributed by atoms with Crippen LogP contribution in [-0.4, -0.2) is 11.4 Å². The Morgan fingerprint density at radius 2 is 2.15 bits per heavy atom. The number of nitrogens with zero attached hydrogens (tertiary/aromatic N) is 1. The summed E-state index contributed by atoms with van der Waals surface area (Å²) in [7, 11) is 0. The fourth-order valence-electron chi connectivity index (χ4n) is 2.92. The molecule has 1 amide bonds. The molecule has 1 saturated carbocycles.